The molecule has 82 valence electrons. The summed E-state index contributed by atoms with van der Waals surface area (Å²) in [6.07, 6.45) is 2.00. The smallest absolute Gasteiger partial charge is 0.166 e. The van der Waals surface area contributed by atoms with Gasteiger partial charge in [-0.15, -0.1) is 10.2 Å². The monoisotopic (exact) mass is 218 g/mol. The van der Waals surface area contributed by atoms with Gasteiger partial charge in [0.25, 0.3) is 0 Å². The van der Waals surface area contributed by atoms with Crippen LogP contribution in [0.2, 0.25) is 0 Å². The maximum absolute atomic E-state index is 13.2. The number of benzene rings is 1. The fourth-order valence-corrected chi connectivity index (χ4v) is 2.07. The molecule has 0 aliphatic carbocycles. The van der Waals surface area contributed by atoms with Crippen LogP contribution in [0.3, 0.4) is 0 Å². The molecule has 2 aromatic rings. The standard InChI is InChI=1S/C11H11FN4/c12-7-3-4-9(13)8(6-7)11-15-14-10-2-1-5-16(10)11/h3-4,6H,1-2,5,13H2. The molecule has 0 atom stereocenters. The molecule has 4 nitrogen and oxygen atoms in total. The first-order valence-electron chi connectivity index (χ1n) is 5.23. The minimum absolute atomic E-state index is 0.306. The Kier molecular flexibility index (Phi) is 1.92. The zero-order chi connectivity index (χ0) is 11.1. The molecule has 0 saturated heterocycles. The number of anilines is 1. The first-order chi connectivity index (χ1) is 7.75. The van der Waals surface area contributed by atoms with Crippen LogP contribution in [0.25, 0.3) is 11.4 Å². The van der Waals surface area contributed by atoms with Gasteiger partial charge >= 0.3 is 0 Å². The minimum atomic E-state index is -0.306. The number of aromatic nitrogens is 3. The molecule has 0 spiro atoms. The Morgan fingerprint density at radius 3 is 3.06 bits per heavy atom. The lowest BCUT2D eigenvalue weighted by Gasteiger charge is -2.06. The first-order valence-corrected chi connectivity index (χ1v) is 5.23. The van der Waals surface area contributed by atoms with Crippen LogP contribution in [0.15, 0.2) is 18.2 Å². The first kappa shape index (κ1) is 9.33. The Morgan fingerprint density at radius 2 is 2.19 bits per heavy atom. The number of fused-ring (bicyclic) bond motifs is 1. The Morgan fingerprint density at radius 1 is 1.31 bits per heavy atom. The quantitative estimate of drug-likeness (QED) is 0.740. The van der Waals surface area contributed by atoms with Gasteiger partial charge in [0.15, 0.2) is 5.82 Å². The molecule has 1 aliphatic heterocycles. The molecule has 1 aliphatic rings. The highest BCUT2D eigenvalue weighted by Crippen LogP contribution is 2.28. The second-order valence-corrected chi connectivity index (χ2v) is 3.93. The summed E-state index contributed by atoms with van der Waals surface area (Å²) in [6.45, 7) is 0.883. The topological polar surface area (TPSA) is 56.7 Å². The fraction of sp³-hybridized carbons (Fsp3) is 0.273. The summed E-state index contributed by atoms with van der Waals surface area (Å²) in [6, 6.07) is 4.31. The van der Waals surface area contributed by atoms with Crippen LogP contribution < -0.4 is 5.73 Å². The van der Waals surface area contributed by atoms with Crippen molar-refractivity contribution in [1.82, 2.24) is 14.8 Å². The maximum atomic E-state index is 13.2. The van der Waals surface area contributed by atoms with Crippen molar-refractivity contribution in [1.29, 1.82) is 0 Å². The molecule has 5 heteroatoms. The van der Waals surface area contributed by atoms with E-state index in [2.05, 4.69) is 10.2 Å². The third kappa shape index (κ3) is 1.28. The van der Waals surface area contributed by atoms with E-state index in [0.717, 1.165) is 25.2 Å². The van der Waals surface area contributed by atoms with E-state index in [1.807, 2.05) is 4.57 Å². The third-order valence-corrected chi connectivity index (χ3v) is 2.87. The van der Waals surface area contributed by atoms with Crippen molar-refractivity contribution in [3.05, 3.63) is 29.8 Å². The van der Waals surface area contributed by atoms with Gasteiger partial charge in [-0.2, -0.15) is 0 Å². The molecule has 3 rings (SSSR count). The molecule has 16 heavy (non-hydrogen) atoms. The van der Waals surface area contributed by atoms with Crippen LogP contribution in [-0.4, -0.2) is 14.8 Å². The van der Waals surface area contributed by atoms with Crippen LogP contribution >= 0.6 is 0 Å². The minimum Gasteiger partial charge on any atom is -0.398 e. The van der Waals surface area contributed by atoms with Crippen LogP contribution in [-0.2, 0) is 13.0 Å². The predicted molar refractivity (Wildman–Crippen MR) is 58.1 cm³/mol. The predicted octanol–water partition coefficient (Wildman–Crippen LogP) is 1.61. The molecule has 2 heterocycles. The summed E-state index contributed by atoms with van der Waals surface area (Å²) in [5.41, 5.74) is 6.98. The molecule has 0 saturated carbocycles. The molecule has 0 unspecified atom stereocenters. The molecule has 1 aromatic carbocycles. The average Bonchev–Trinajstić information content (AvgIpc) is 2.83. The summed E-state index contributed by atoms with van der Waals surface area (Å²) in [5, 5.41) is 8.16. The number of hydrogen-bond donors (Lipinski definition) is 1. The van der Waals surface area contributed by atoms with Crippen molar-refractivity contribution in [3.8, 4) is 11.4 Å². The number of nitrogens with zero attached hydrogens (tertiary/aromatic N) is 3. The number of nitrogens with two attached hydrogens (primary N) is 1. The van der Waals surface area contributed by atoms with Crippen LogP contribution in [0.1, 0.15) is 12.2 Å². The maximum Gasteiger partial charge on any atom is 0.166 e. The van der Waals surface area contributed by atoms with Gasteiger partial charge in [-0.3, -0.25) is 0 Å². The normalized spacial score (nSPS) is 14.1. The zero-order valence-corrected chi connectivity index (χ0v) is 8.65. The number of halogens is 1. The second-order valence-electron chi connectivity index (χ2n) is 3.93. The molecule has 0 radical (unpaired) electrons. The van der Waals surface area contributed by atoms with E-state index in [9.17, 15) is 4.39 Å². The van der Waals surface area contributed by atoms with Gasteiger partial charge < -0.3 is 10.3 Å². The van der Waals surface area contributed by atoms with Gasteiger partial charge in [0.05, 0.1) is 0 Å². The van der Waals surface area contributed by atoms with Crippen LogP contribution in [0.4, 0.5) is 10.1 Å². The van der Waals surface area contributed by atoms with E-state index in [1.54, 1.807) is 6.07 Å². The Bertz CT molecular complexity index is 547. The Labute approximate surface area is 91.9 Å². The molecule has 0 bridgehead atoms. The van der Waals surface area contributed by atoms with Crippen LogP contribution in [0.5, 0.6) is 0 Å². The van der Waals surface area contributed by atoms with Gasteiger partial charge in [0.1, 0.15) is 11.6 Å². The van der Waals surface area contributed by atoms with Gasteiger partial charge in [-0.1, -0.05) is 0 Å². The molecular formula is C11H11FN4. The summed E-state index contributed by atoms with van der Waals surface area (Å²) < 4.78 is 15.2. The van der Waals surface area contributed by atoms with Gasteiger partial charge in [-0.25, -0.2) is 4.39 Å². The van der Waals surface area contributed by atoms with Crippen molar-refractivity contribution < 1.29 is 4.39 Å². The van der Waals surface area contributed by atoms with Gasteiger partial charge in [0, 0.05) is 24.2 Å². The summed E-state index contributed by atoms with van der Waals surface area (Å²) in [4.78, 5) is 0. The Hall–Kier alpha value is -1.91. The van der Waals surface area contributed by atoms with E-state index in [-0.39, 0.29) is 5.82 Å². The van der Waals surface area contributed by atoms with Crippen LogP contribution in [0, 0.1) is 5.82 Å². The summed E-state index contributed by atoms with van der Waals surface area (Å²) in [7, 11) is 0. The second kappa shape index (κ2) is 3.30. The number of hydrogen-bond acceptors (Lipinski definition) is 3. The van der Waals surface area contributed by atoms with E-state index in [1.165, 1.54) is 12.1 Å². The van der Waals surface area contributed by atoms with Gasteiger partial charge in [-0.05, 0) is 24.6 Å². The molecular weight excluding hydrogens is 207 g/mol. The highest BCUT2D eigenvalue weighted by atomic mass is 19.1. The molecule has 0 fully saturated rings. The number of rotatable bonds is 1. The highest BCUT2D eigenvalue weighted by Gasteiger charge is 2.19. The molecule has 2 N–H and O–H groups in total. The SMILES string of the molecule is Nc1ccc(F)cc1-c1nnc2n1CCC2. The van der Waals surface area contributed by atoms with Gasteiger partial charge in [0.2, 0.25) is 0 Å². The number of aryl methyl sites for hydroxylation is 1. The lowest BCUT2D eigenvalue weighted by atomic mass is 10.1. The highest BCUT2D eigenvalue weighted by molar-refractivity contribution is 5.71. The van der Waals surface area contributed by atoms with Crippen molar-refractivity contribution in [3.63, 3.8) is 0 Å². The van der Waals surface area contributed by atoms with Crippen molar-refractivity contribution >= 4 is 5.69 Å². The lowest BCUT2D eigenvalue weighted by molar-refractivity contribution is 0.628. The fourth-order valence-electron chi connectivity index (χ4n) is 2.07. The number of nitrogen functional groups attached to an aromatic ring is 1. The molecule has 0 amide bonds. The Balaban J connectivity index is 2.18. The largest absolute Gasteiger partial charge is 0.398 e. The van der Waals surface area contributed by atoms with E-state index >= 15 is 0 Å². The van der Waals surface area contributed by atoms with Crippen molar-refractivity contribution in [2.24, 2.45) is 0 Å². The average molecular weight is 218 g/mol. The van der Waals surface area contributed by atoms with Crippen molar-refractivity contribution in [2.45, 2.75) is 19.4 Å². The summed E-state index contributed by atoms with van der Waals surface area (Å²) in [5.74, 6) is 1.32. The van der Waals surface area contributed by atoms with E-state index in [4.69, 9.17) is 5.73 Å². The van der Waals surface area contributed by atoms with E-state index < -0.39 is 0 Å². The lowest BCUT2D eigenvalue weighted by Crippen LogP contribution is -1.99. The summed E-state index contributed by atoms with van der Waals surface area (Å²) >= 11 is 0. The third-order valence-electron chi connectivity index (χ3n) is 2.87. The van der Waals surface area contributed by atoms with E-state index in [0.29, 0.717) is 17.1 Å². The molecule has 1 aromatic heterocycles. The zero-order valence-electron chi connectivity index (χ0n) is 8.65. The van der Waals surface area contributed by atoms with Crippen molar-refractivity contribution in [2.75, 3.05) is 5.73 Å².